The number of methoxy groups -OCH3 is 1. The van der Waals surface area contributed by atoms with Crippen LogP contribution in [0.3, 0.4) is 0 Å². The predicted molar refractivity (Wildman–Crippen MR) is 114 cm³/mol. The number of aryl methyl sites for hydroxylation is 1. The van der Waals surface area contributed by atoms with Gasteiger partial charge in [0.2, 0.25) is 15.9 Å². The van der Waals surface area contributed by atoms with Crippen molar-refractivity contribution in [2.75, 3.05) is 25.5 Å². The first-order valence-electron chi connectivity index (χ1n) is 9.64. The Balaban J connectivity index is 1.73. The summed E-state index contributed by atoms with van der Waals surface area (Å²) in [5, 5.41) is 2.74. The molecule has 154 valence electrons. The van der Waals surface area contributed by atoms with Crippen LogP contribution >= 0.6 is 0 Å². The molecule has 6 nitrogen and oxygen atoms in total. The molecule has 0 bridgehead atoms. The van der Waals surface area contributed by atoms with Gasteiger partial charge in [0, 0.05) is 24.9 Å². The van der Waals surface area contributed by atoms with Gasteiger partial charge in [0.05, 0.1) is 12.0 Å². The molecule has 0 spiro atoms. The Morgan fingerprint density at radius 2 is 1.76 bits per heavy atom. The maximum atomic E-state index is 13.0. The van der Waals surface area contributed by atoms with E-state index in [1.165, 1.54) is 10.4 Å². The minimum atomic E-state index is -3.56. The molecule has 0 aliphatic carbocycles. The van der Waals surface area contributed by atoms with Crippen molar-refractivity contribution in [1.29, 1.82) is 0 Å². The minimum absolute atomic E-state index is 0.247. The van der Waals surface area contributed by atoms with Crippen LogP contribution in [0.2, 0.25) is 0 Å². The highest BCUT2D eigenvalue weighted by molar-refractivity contribution is 7.89. The molecule has 7 heteroatoms. The molecule has 1 amide bonds. The second-order valence-electron chi connectivity index (χ2n) is 7.04. The van der Waals surface area contributed by atoms with E-state index in [-0.39, 0.29) is 10.8 Å². The summed E-state index contributed by atoms with van der Waals surface area (Å²) in [6, 6.07) is 12.3. The van der Waals surface area contributed by atoms with Gasteiger partial charge in [-0.25, -0.2) is 8.42 Å². The zero-order valence-electron chi connectivity index (χ0n) is 16.7. The van der Waals surface area contributed by atoms with Gasteiger partial charge in [0.15, 0.2) is 0 Å². The number of nitrogens with one attached hydrogen (secondary N) is 1. The molecule has 1 aliphatic rings. The molecular weight excluding hydrogens is 388 g/mol. The third kappa shape index (κ3) is 5.25. The summed E-state index contributed by atoms with van der Waals surface area (Å²) in [7, 11) is -1.96. The zero-order chi connectivity index (χ0) is 20.9. The highest BCUT2D eigenvalue weighted by Gasteiger charge is 2.27. The Morgan fingerprint density at radius 3 is 2.41 bits per heavy atom. The summed E-state index contributed by atoms with van der Waals surface area (Å²) < 4.78 is 32.6. The molecule has 2 aromatic rings. The highest BCUT2D eigenvalue weighted by atomic mass is 32.2. The zero-order valence-corrected chi connectivity index (χ0v) is 17.5. The third-order valence-electron chi connectivity index (χ3n) is 4.93. The van der Waals surface area contributed by atoms with Crippen LogP contribution in [0.25, 0.3) is 6.08 Å². The number of piperidine rings is 1. The van der Waals surface area contributed by atoms with Gasteiger partial charge in [-0.3, -0.25) is 4.79 Å². The second kappa shape index (κ2) is 9.24. The van der Waals surface area contributed by atoms with Gasteiger partial charge in [-0.2, -0.15) is 4.31 Å². The van der Waals surface area contributed by atoms with Crippen molar-refractivity contribution in [2.24, 2.45) is 0 Å². The predicted octanol–water partition coefficient (Wildman–Crippen LogP) is 3.83. The molecule has 1 saturated heterocycles. The fraction of sp³-hybridized carbons (Fsp3) is 0.318. The molecule has 1 fully saturated rings. The summed E-state index contributed by atoms with van der Waals surface area (Å²) in [6.45, 7) is 2.86. The molecule has 0 aromatic heterocycles. The Hall–Kier alpha value is -2.64. The number of carbonyl (C=O) groups excluding carboxylic acids is 1. The molecule has 0 saturated carbocycles. The molecule has 0 atom stereocenters. The van der Waals surface area contributed by atoms with E-state index < -0.39 is 10.0 Å². The van der Waals surface area contributed by atoms with Crippen molar-refractivity contribution >= 4 is 27.7 Å². The average molecular weight is 415 g/mol. The first kappa shape index (κ1) is 21.1. The number of nitrogens with zero attached hydrogens (tertiary/aromatic N) is 1. The number of benzene rings is 2. The van der Waals surface area contributed by atoms with E-state index in [4.69, 9.17) is 4.74 Å². The van der Waals surface area contributed by atoms with E-state index in [1.807, 2.05) is 24.3 Å². The van der Waals surface area contributed by atoms with Crippen LogP contribution in [0.15, 0.2) is 53.4 Å². The number of rotatable bonds is 6. The summed E-state index contributed by atoms with van der Waals surface area (Å²) >= 11 is 0. The second-order valence-corrected chi connectivity index (χ2v) is 8.95. The first-order valence-corrected chi connectivity index (χ1v) is 11.1. The number of hydrogen-bond acceptors (Lipinski definition) is 4. The van der Waals surface area contributed by atoms with Crippen molar-refractivity contribution < 1.29 is 17.9 Å². The third-order valence-corrected chi connectivity index (χ3v) is 6.97. The van der Waals surface area contributed by atoms with Crippen molar-refractivity contribution in [2.45, 2.75) is 31.1 Å². The Morgan fingerprint density at radius 1 is 1.07 bits per heavy atom. The Bertz CT molecular complexity index is 992. The number of anilines is 1. The lowest BCUT2D eigenvalue weighted by Crippen LogP contribution is -2.36. The van der Waals surface area contributed by atoms with Gasteiger partial charge < -0.3 is 10.1 Å². The van der Waals surface area contributed by atoms with Gasteiger partial charge in [-0.15, -0.1) is 0 Å². The topological polar surface area (TPSA) is 75.7 Å². The summed E-state index contributed by atoms with van der Waals surface area (Å²) in [5.74, 6) is 0.416. The smallest absolute Gasteiger partial charge is 0.248 e. The van der Waals surface area contributed by atoms with E-state index in [2.05, 4.69) is 5.32 Å². The first-order chi connectivity index (χ1) is 13.9. The molecule has 1 heterocycles. The molecule has 0 radical (unpaired) electrons. The van der Waals surface area contributed by atoms with Crippen LogP contribution < -0.4 is 10.1 Å². The lowest BCUT2D eigenvalue weighted by Gasteiger charge is -2.26. The van der Waals surface area contributed by atoms with Crippen LogP contribution in [0, 0.1) is 6.92 Å². The molecule has 1 aliphatic heterocycles. The van der Waals surface area contributed by atoms with Crippen LogP contribution in [-0.2, 0) is 14.8 Å². The highest BCUT2D eigenvalue weighted by Crippen LogP contribution is 2.26. The maximum absolute atomic E-state index is 13.0. The summed E-state index contributed by atoms with van der Waals surface area (Å²) in [5.41, 5.74) is 1.98. The number of hydrogen-bond donors (Lipinski definition) is 1. The van der Waals surface area contributed by atoms with Gasteiger partial charge >= 0.3 is 0 Å². The Kier molecular flexibility index (Phi) is 6.71. The van der Waals surface area contributed by atoms with Gasteiger partial charge in [0.1, 0.15) is 5.75 Å². The van der Waals surface area contributed by atoms with Crippen LogP contribution in [0.4, 0.5) is 5.69 Å². The molecule has 29 heavy (non-hydrogen) atoms. The van der Waals surface area contributed by atoms with Crippen LogP contribution in [0.1, 0.15) is 30.4 Å². The summed E-state index contributed by atoms with van der Waals surface area (Å²) in [4.78, 5) is 12.5. The lowest BCUT2D eigenvalue weighted by atomic mass is 10.2. The number of ether oxygens (including phenoxy) is 1. The number of amides is 1. The molecule has 3 rings (SSSR count). The monoisotopic (exact) mass is 414 g/mol. The van der Waals surface area contributed by atoms with Gasteiger partial charge in [-0.05, 0) is 61.2 Å². The van der Waals surface area contributed by atoms with Gasteiger partial charge in [0.25, 0.3) is 0 Å². The molecule has 2 aromatic carbocycles. The fourth-order valence-corrected chi connectivity index (χ4v) is 5.04. The van der Waals surface area contributed by atoms with E-state index in [0.29, 0.717) is 24.3 Å². The quantitative estimate of drug-likeness (QED) is 0.729. The summed E-state index contributed by atoms with van der Waals surface area (Å²) in [6.07, 6.45) is 5.92. The lowest BCUT2D eigenvalue weighted by molar-refractivity contribution is -0.111. The van der Waals surface area contributed by atoms with E-state index in [0.717, 1.165) is 30.6 Å². The van der Waals surface area contributed by atoms with E-state index in [9.17, 15) is 13.2 Å². The van der Waals surface area contributed by atoms with Crippen LogP contribution in [-0.4, -0.2) is 38.8 Å². The normalized spacial score (nSPS) is 15.4. The average Bonchev–Trinajstić information content (AvgIpc) is 2.74. The minimum Gasteiger partial charge on any atom is -0.497 e. The van der Waals surface area contributed by atoms with E-state index >= 15 is 0 Å². The SMILES string of the molecule is COc1ccc(C=CC(=O)Nc2ccc(C)c(S(=O)(=O)N3CCCCC3)c2)cc1. The molecular formula is C22H26N2O4S. The maximum Gasteiger partial charge on any atom is 0.248 e. The number of sulfonamides is 1. The van der Waals surface area contributed by atoms with Crippen molar-refractivity contribution in [1.82, 2.24) is 4.31 Å². The van der Waals surface area contributed by atoms with Crippen molar-refractivity contribution in [3.05, 3.63) is 59.7 Å². The van der Waals surface area contributed by atoms with Crippen LogP contribution in [0.5, 0.6) is 5.75 Å². The van der Waals surface area contributed by atoms with Crippen molar-refractivity contribution in [3.63, 3.8) is 0 Å². The number of carbonyl (C=O) groups is 1. The van der Waals surface area contributed by atoms with Crippen molar-refractivity contribution in [3.8, 4) is 5.75 Å². The largest absolute Gasteiger partial charge is 0.497 e. The fourth-order valence-electron chi connectivity index (χ4n) is 3.27. The van der Waals surface area contributed by atoms with E-state index in [1.54, 1.807) is 38.3 Å². The molecule has 0 unspecified atom stereocenters. The standard InChI is InChI=1S/C22H26N2O4S/c1-17-6-10-19(16-21(17)29(26,27)24-14-4-3-5-15-24)23-22(25)13-9-18-7-11-20(28-2)12-8-18/h6-13,16H,3-5,14-15H2,1-2H3,(H,23,25). The van der Waals surface area contributed by atoms with Gasteiger partial charge in [-0.1, -0.05) is 24.6 Å². The molecule has 1 N–H and O–H groups in total. The Labute approximate surface area is 172 Å².